The number of hydrogen-bond donors (Lipinski definition) is 1. The van der Waals surface area contributed by atoms with E-state index in [4.69, 9.17) is 0 Å². The van der Waals surface area contributed by atoms with Gasteiger partial charge in [-0.2, -0.15) is 5.10 Å². The van der Waals surface area contributed by atoms with Crippen LogP contribution in [-0.4, -0.2) is 50.5 Å². The van der Waals surface area contributed by atoms with Gasteiger partial charge in [-0.25, -0.2) is 0 Å². The number of rotatable bonds is 7. The zero-order chi connectivity index (χ0) is 20.8. The second kappa shape index (κ2) is 9.67. The summed E-state index contributed by atoms with van der Waals surface area (Å²) in [5.74, 6) is 0.528. The first kappa shape index (κ1) is 20.3. The second-order valence-corrected chi connectivity index (χ2v) is 8.18. The van der Waals surface area contributed by atoms with E-state index in [1.807, 2.05) is 23.2 Å². The Labute approximate surface area is 177 Å². The number of H-pyrrole nitrogens is 1. The Hall–Kier alpha value is -2.99. The highest BCUT2D eigenvalue weighted by Crippen LogP contribution is 2.22. The van der Waals surface area contributed by atoms with Crippen LogP contribution in [0.5, 0.6) is 0 Å². The van der Waals surface area contributed by atoms with Crippen molar-refractivity contribution in [2.75, 3.05) is 19.6 Å². The molecule has 0 atom stereocenters. The molecule has 4 rings (SSSR count). The lowest BCUT2D eigenvalue weighted by Gasteiger charge is -2.35. The largest absolute Gasteiger partial charge is 0.334 e. The monoisotopic (exact) mass is 403 g/mol. The normalized spacial score (nSPS) is 15.2. The summed E-state index contributed by atoms with van der Waals surface area (Å²) in [6.45, 7) is 6.66. The molecule has 0 saturated carbocycles. The number of nitrogens with one attached hydrogen (secondary N) is 1. The van der Waals surface area contributed by atoms with Crippen LogP contribution in [0.1, 0.15) is 39.9 Å². The summed E-state index contributed by atoms with van der Waals surface area (Å²) in [6, 6.07) is 12.6. The van der Waals surface area contributed by atoms with Crippen LogP contribution in [-0.2, 0) is 13.1 Å². The topological polar surface area (TPSA) is 65.1 Å². The van der Waals surface area contributed by atoms with E-state index >= 15 is 0 Å². The minimum absolute atomic E-state index is 0.0231. The predicted molar refractivity (Wildman–Crippen MR) is 117 cm³/mol. The van der Waals surface area contributed by atoms with Gasteiger partial charge >= 0.3 is 0 Å². The van der Waals surface area contributed by atoms with Gasteiger partial charge in [0.25, 0.3) is 5.91 Å². The minimum atomic E-state index is 0.0231. The van der Waals surface area contributed by atoms with Gasteiger partial charge in [0, 0.05) is 38.2 Å². The maximum atomic E-state index is 13.1. The number of carbonyl (C=O) groups is 1. The van der Waals surface area contributed by atoms with Crippen LogP contribution in [0.25, 0.3) is 0 Å². The predicted octanol–water partition coefficient (Wildman–Crippen LogP) is 3.67. The van der Waals surface area contributed by atoms with Crippen LogP contribution >= 0.6 is 0 Å². The molecule has 2 aromatic heterocycles. The van der Waals surface area contributed by atoms with E-state index in [1.54, 1.807) is 18.6 Å². The van der Waals surface area contributed by atoms with Crippen molar-refractivity contribution in [1.82, 2.24) is 25.0 Å². The van der Waals surface area contributed by atoms with E-state index in [9.17, 15) is 4.79 Å². The van der Waals surface area contributed by atoms with E-state index in [1.165, 1.54) is 11.1 Å². The van der Waals surface area contributed by atoms with Crippen LogP contribution in [0.4, 0.5) is 0 Å². The van der Waals surface area contributed by atoms with Crippen LogP contribution < -0.4 is 0 Å². The Bertz CT molecular complexity index is 933. The van der Waals surface area contributed by atoms with Gasteiger partial charge in [-0.15, -0.1) is 0 Å². The summed E-state index contributed by atoms with van der Waals surface area (Å²) in [4.78, 5) is 21.7. The summed E-state index contributed by atoms with van der Waals surface area (Å²) < 4.78 is 0. The summed E-state index contributed by atoms with van der Waals surface area (Å²) in [5, 5.41) is 6.69. The molecule has 1 fully saturated rings. The van der Waals surface area contributed by atoms with Crippen molar-refractivity contribution in [2.24, 2.45) is 5.92 Å². The van der Waals surface area contributed by atoms with Crippen molar-refractivity contribution in [3.05, 3.63) is 83.4 Å². The van der Waals surface area contributed by atoms with Gasteiger partial charge in [0.1, 0.15) is 0 Å². The van der Waals surface area contributed by atoms with Crippen molar-refractivity contribution >= 4 is 5.91 Å². The third-order valence-electron chi connectivity index (χ3n) is 5.97. The van der Waals surface area contributed by atoms with E-state index in [2.05, 4.69) is 51.3 Å². The quantitative estimate of drug-likeness (QED) is 0.654. The fourth-order valence-electron chi connectivity index (χ4n) is 4.15. The lowest BCUT2D eigenvalue weighted by atomic mass is 9.95. The Morgan fingerprint density at radius 3 is 2.70 bits per heavy atom. The fraction of sp³-hybridized carbons (Fsp3) is 0.375. The first-order chi connectivity index (χ1) is 14.7. The highest BCUT2D eigenvalue weighted by Gasteiger charge is 2.25. The molecule has 0 radical (unpaired) electrons. The molecule has 1 amide bonds. The molecule has 1 saturated heterocycles. The highest BCUT2D eigenvalue weighted by atomic mass is 16.2. The van der Waals surface area contributed by atoms with Crippen LogP contribution in [0.2, 0.25) is 0 Å². The van der Waals surface area contributed by atoms with Crippen LogP contribution in [0, 0.1) is 12.8 Å². The van der Waals surface area contributed by atoms with Gasteiger partial charge in [0.05, 0.1) is 11.8 Å². The number of hydrogen-bond acceptors (Lipinski definition) is 4. The molecule has 30 heavy (non-hydrogen) atoms. The number of aryl methyl sites for hydroxylation is 1. The molecule has 1 N–H and O–H groups in total. The Kier molecular flexibility index (Phi) is 6.54. The van der Waals surface area contributed by atoms with Gasteiger partial charge in [0.15, 0.2) is 0 Å². The number of aromatic amines is 1. The van der Waals surface area contributed by atoms with Crippen LogP contribution in [0.15, 0.2) is 61.2 Å². The molecule has 0 spiro atoms. The summed E-state index contributed by atoms with van der Waals surface area (Å²) >= 11 is 0. The molecule has 0 aliphatic carbocycles. The molecule has 3 heterocycles. The number of aromatic nitrogens is 3. The molecule has 156 valence electrons. The summed E-state index contributed by atoms with van der Waals surface area (Å²) in [6.07, 6.45) is 9.07. The first-order valence-corrected chi connectivity index (χ1v) is 10.6. The van der Waals surface area contributed by atoms with Crippen molar-refractivity contribution in [1.29, 1.82) is 0 Å². The zero-order valence-corrected chi connectivity index (χ0v) is 17.5. The molecule has 0 unspecified atom stereocenters. The van der Waals surface area contributed by atoms with Crippen LogP contribution in [0.3, 0.4) is 0 Å². The van der Waals surface area contributed by atoms with Gasteiger partial charge in [-0.1, -0.05) is 30.3 Å². The van der Waals surface area contributed by atoms with Crippen molar-refractivity contribution in [2.45, 2.75) is 32.9 Å². The van der Waals surface area contributed by atoms with Gasteiger partial charge in [-0.05, 0) is 61.5 Å². The summed E-state index contributed by atoms with van der Waals surface area (Å²) in [5.41, 5.74) is 4.42. The molecule has 3 aromatic rings. The summed E-state index contributed by atoms with van der Waals surface area (Å²) in [7, 11) is 0. The third kappa shape index (κ3) is 5.13. The number of nitrogens with zero attached hydrogens (tertiary/aromatic N) is 4. The second-order valence-electron chi connectivity index (χ2n) is 8.18. The number of likely N-dealkylation sites (tertiary alicyclic amines) is 1. The highest BCUT2D eigenvalue weighted by molar-refractivity contribution is 5.93. The number of benzene rings is 1. The standard InChI is InChI=1S/C24H29N5O/c1-19-5-2-3-7-22(19)18-28-11-8-20(9-12-28)16-29(17-21-6-4-10-25-13-21)24(30)23-14-26-27-15-23/h2-7,10,13-15,20H,8-9,11-12,16-18H2,1H3,(H,26,27). The fourth-order valence-corrected chi connectivity index (χ4v) is 4.15. The van der Waals surface area contributed by atoms with Crippen molar-refractivity contribution in [3.63, 3.8) is 0 Å². The molecule has 6 nitrogen and oxygen atoms in total. The molecule has 0 bridgehead atoms. The number of pyridine rings is 1. The maximum absolute atomic E-state index is 13.1. The molecular weight excluding hydrogens is 374 g/mol. The molecule has 1 aliphatic heterocycles. The maximum Gasteiger partial charge on any atom is 0.257 e. The average molecular weight is 404 g/mol. The van der Waals surface area contributed by atoms with E-state index in [-0.39, 0.29) is 5.91 Å². The zero-order valence-electron chi connectivity index (χ0n) is 17.5. The Morgan fingerprint density at radius 2 is 2.00 bits per heavy atom. The van der Waals surface area contributed by atoms with Gasteiger partial charge in [-0.3, -0.25) is 19.8 Å². The Morgan fingerprint density at radius 1 is 1.17 bits per heavy atom. The van der Waals surface area contributed by atoms with Gasteiger partial charge < -0.3 is 4.90 Å². The van der Waals surface area contributed by atoms with E-state index < -0.39 is 0 Å². The number of piperidine rings is 1. The Balaban J connectivity index is 1.37. The average Bonchev–Trinajstić information content (AvgIpc) is 3.31. The molecule has 6 heteroatoms. The minimum Gasteiger partial charge on any atom is -0.334 e. The van der Waals surface area contributed by atoms with Crippen molar-refractivity contribution < 1.29 is 4.79 Å². The molecule has 1 aliphatic rings. The number of amides is 1. The smallest absolute Gasteiger partial charge is 0.257 e. The molecule has 1 aromatic carbocycles. The number of carbonyl (C=O) groups excluding carboxylic acids is 1. The molecular formula is C24H29N5O. The van der Waals surface area contributed by atoms with E-state index in [0.717, 1.165) is 44.6 Å². The van der Waals surface area contributed by atoms with E-state index in [0.29, 0.717) is 18.0 Å². The SMILES string of the molecule is Cc1ccccc1CN1CCC(CN(Cc2cccnc2)C(=O)c2cn[nH]c2)CC1. The first-order valence-electron chi connectivity index (χ1n) is 10.6. The van der Waals surface area contributed by atoms with Gasteiger partial charge in [0.2, 0.25) is 0 Å². The lowest BCUT2D eigenvalue weighted by Crippen LogP contribution is -2.40. The third-order valence-corrected chi connectivity index (χ3v) is 5.97. The lowest BCUT2D eigenvalue weighted by molar-refractivity contribution is 0.0671. The van der Waals surface area contributed by atoms with Crippen molar-refractivity contribution in [3.8, 4) is 0 Å².